The van der Waals surface area contributed by atoms with Crippen molar-refractivity contribution in [3.05, 3.63) is 34.9 Å². The molecule has 1 rings (SSSR count). The van der Waals surface area contributed by atoms with Gasteiger partial charge < -0.3 is 20.3 Å². The molecule has 198 valence electrons. The normalized spacial score (nSPS) is 14.0. The highest BCUT2D eigenvalue weighted by Crippen LogP contribution is 2.26. The lowest BCUT2D eigenvalue weighted by atomic mass is 9.97. The first-order chi connectivity index (χ1) is 16.3. The lowest BCUT2D eigenvalue weighted by Crippen LogP contribution is -2.54. The van der Waals surface area contributed by atoms with Crippen molar-refractivity contribution >= 4 is 30.5 Å². The van der Waals surface area contributed by atoms with E-state index in [4.69, 9.17) is 4.74 Å². The number of aryl methyl sites for hydroxylation is 2. The van der Waals surface area contributed by atoms with Gasteiger partial charge in [0.2, 0.25) is 11.8 Å². The Bertz CT molecular complexity index is 853. The number of carbonyl (C=O) groups excluding carboxylic acids is 3. The van der Waals surface area contributed by atoms with E-state index in [1.165, 1.54) is 0 Å². The molecule has 1 aromatic rings. The molecule has 0 fully saturated rings. The predicted molar refractivity (Wildman–Crippen MR) is 145 cm³/mol. The smallest absolute Gasteiger partial charge is 0.408 e. The third kappa shape index (κ3) is 10.1. The molecule has 3 unspecified atom stereocenters. The number of nitrogens with zero attached hydrogens (tertiary/aromatic N) is 1. The highest BCUT2D eigenvalue weighted by Gasteiger charge is 2.36. The van der Waals surface area contributed by atoms with Gasteiger partial charge in [0, 0.05) is 18.3 Å². The second-order valence-electron chi connectivity index (χ2n) is 10.2. The maximum absolute atomic E-state index is 13.8. The number of ether oxygens (including phenoxy) is 1. The zero-order chi connectivity index (χ0) is 26.8. The quantitative estimate of drug-likeness (QED) is 0.344. The molecular weight excluding hydrogens is 462 g/mol. The Balaban J connectivity index is 3.42. The van der Waals surface area contributed by atoms with Crippen molar-refractivity contribution in [3.8, 4) is 0 Å². The summed E-state index contributed by atoms with van der Waals surface area (Å²) in [7, 11) is 0. The van der Waals surface area contributed by atoms with Crippen molar-refractivity contribution in [1.29, 1.82) is 0 Å². The van der Waals surface area contributed by atoms with Crippen molar-refractivity contribution in [2.45, 2.75) is 105 Å². The molecule has 3 atom stereocenters. The lowest BCUT2D eigenvalue weighted by molar-refractivity contribution is -0.142. The minimum atomic E-state index is -0.931. The van der Waals surface area contributed by atoms with Gasteiger partial charge in [-0.2, -0.15) is 12.6 Å². The van der Waals surface area contributed by atoms with E-state index in [0.717, 1.165) is 42.4 Å². The summed E-state index contributed by atoms with van der Waals surface area (Å²) in [5.74, 6) is -0.511. The van der Waals surface area contributed by atoms with Gasteiger partial charge >= 0.3 is 6.09 Å². The fourth-order valence-electron chi connectivity index (χ4n) is 3.76. The first-order valence-electron chi connectivity index (χ1n) is 12.6. The van der Waals surface area contributed by atoms with Crippen LogP contribution in [-0.2, 0) is 14.3 Å². The summed E-state index contributed by atoms with van der Waals surface area (Å²) in [6, 6.07) is 4.06. The number of rotatable bonds is 12. The summed E-state index contributed by atoms with van der Waals surface area (Å²) in [5, 5.41) is 5.74. The summed E-state index contributed by atoms with van der Waals surface area (Å²) >= 11 is 4.33. The van der Waals surface area contributed by atoms with Crippen LogP contribution < -0.4 is 10.6 Å². The first kappa shape index (κ1) is 30.8. The number of alkyl carbamates (subject to hydrolysis) is 1. The average molecular weight is 508 g/mol. The Labute approximate surface area is 217 Å². The number of carbonyl (C=O) groups is 3. The zero-order valence-corrected chi connectivity index (χ0v) is 23.6. The van der Waals surface area contributed by atoms with Crippen molar-refractivity contribution < 1.29 is 19.1 Å². The van der Waals surface area contributed by atoms with Gasteiger partial charge in [-0.15, -0.1) is 0 Å². The maximum atomic E-state index is 13.8. The van der Waals surface area contributed by atoms with Crippen LogP contribution in [0.25, 0.3) is 0 Å². The topological polar surface area (TPSA) is 87.7 Å². The number of nitrogens with one attached hydrogen (secondary N) is 2. The lowest BCUT2D eigenvalue weighted by Gasteiger charge is -2.35. The largest absolute Gasteiger partial charge is 0.444 e. The number of thiol groups is 1. The van der Waals surface area contributed by atoms with E-state index in [9.17, 15) is 14.4 Å². The molecule has 8 heteroatoms. The molecule has 1 aromatic carbocycles. The van der Waals surface area contributed by atoms with E-state index >= 15 is 0 Å². The molecule has 0 aromatic heterocycles. The summed E-state index contributed by atoms with van der Waals surface area (Å²) in [6.07, 6.45) is 2.66. The minimum Gasteiger partial charge on any atom is -0.444 e. The fourth-order valence-corrected chi connectivity index (χ4v) is 4.01. The van der Waals surface area contributed by atoms with Crippen molar-refractivity contribution in [3.63, 3.8) is 0 Å². The van der Waals surface area contributed by atoms with Gasteiger partial charge in [-0.25, -0.2) is 4.79 Å². The molecule has 2 N–H and O–H groups in total. The van der Waals surface area contributed by atoms with Gasteiger partial charge in [0.25, 0.3) is 0 Å². The number of unbranched alkanes of at least 4 members (excludes halogenated alkanes) is 1. The molecule has 0 bridgehead atoms. The number of hydrogen-bond acceptors (Lipinski definition) is 5. The van der Waals surface area contributed by atoms with Crippen LogP contribution in [-0.4, -0.2) is 52.8 Å². The summed E-state index contributed by atoms with van der Waals surface area (Å²) in [5.41, 5.74) is 2.20. The minimum absolute atomic E-state index is 0.0229. The number of benzene rings is 1. The summed E-state index contributed by atoms with van der Waals surface area (Å²) < 4.78 is 5.35. The molecular formula is C27H45N3O4S. The molecule has 0 heterocycles. The van der Waals surface area contributed by atoms with Crippen LogP contribution in [0, 0.1) is 13.8 Å². The van der Waals surface area contributed by atoms with Crippen molar-refractivity contribution in [1.82, 2.24) is 15.5 Å². The molecule has 35 heavy (non-hydrogen) atoms. The Kier molecular flexibility index (Phi) is 12.6. The van der Waals surface area contributed by atoms with Crippen LogP contribution in [0.5, 0.6) is 0 Å². The first-order valence-corrected chi connectivity index (χ1v) is 13.3. The van der Waals surface area contributed by atoms with E-state index < -0.39 is 23.8 Å². The zero-order valence-electron chi connectivity index (χ0n) is 22.7. The third-order valence-corrected chi connectivity index (χ3v) is 6.09. The molecule has 0 saturated carbocycles. The molecule has 0 aliphatic rings. The highest BCUT2D eigenvalue weighted by atomic mass is 32.1. The molecule has 0 radical (unpaired) electrons. The molecule has 0 aliphatic carbocycles. The summed E-state index contributed by atoms with van der Waals surface area (Å²) in [6.45, 7) is 15.7. The molecule has 7 nitrogen and oxygen atoms in total. The van der Waals surface area contributed by atoms with Gasteiger partial charge in [0.05, 0.1) is 0 Å². The van der Waals surface area contributed by atoms with Crippen LogP contribution in [0.2, 0.25) is 0 Å². The second-order valence-corrected chi connectivity index (χ2v) is 10.6. The third-order valence-electron chi connectivity index (χ3n) is 5.72. The van der Waals surface area contributed by atoms with E-state index in [1.807, 2.05) is 45.9 Å². The molecule has 0 spiro atoms. The average Bonchev–Trinajstić information content (AvgIpc) is 2.75. The summed E-state index contributed by atoms with van der Waals surface area (Å²) in [4.78, 5) is 41.4. The monoisotopic (exact) mass is 507 g/mol. The molecule has 0 aliphatic heterocycles. The molecule has 0 saturated heterocycles. The Morgan fingerprint density at radius 3 is 2.23 bits per heavy atom. The fraction of sp³-hybridized carbons (Fsp3) is 0.667. The van der Waals surface area contributed by atoms with Gasteiger partial charge in [-0.3, -0.25) is 9.59 Å². The number of hydrogen-bond donors (Lipinski definition) is 3. The Morgan fingerprint density at radius 2 is 1.71 bits per heavy atom. The predicted octanol–water partition coefficient (Wildman–Crippen LogP) is 5.10. The van der Waals surface area contributed by atoms with E-state index in [-0.39, 0.29) is 23.6 Å². The Morgan fingerprint density at radius 1 is 1.06 bits per heavy atom. The second kappa shape index (κ2) is 14.4. The van der Waals surface area contributed by atoms with Gasteiger partial charge in [0.15, 0.2) is 0 Å². The van der Waals surface area contributed by atoms with Crippen molar-refractivity contribution in [2.24, 2.45) is 0 Å². The Hall–Kier alpha value is -2.22. The molecule has 3 amide bonds. The highest BCUT2D eigenvalue weighted by molar-refractivity contribution is 7.80. The maximum Gasteiger partial charge on any atom is 0.408 e. The van der Waals surface area contributed by atoms with E-state index in [0.29, 0.717) is 6.54 Å². The van der Waals surface area contributed by atoms with Crippen LogP contribution in [0.3, 0.4) is 0 Å². The van der Waals surface area contributed by atoms with Gasteiger partial charge in [-0.1, -0.05) is 44.9 Å². The van der Waals surface area contributed by atoms with E-state index in [1.54, 1.807) is 25.7 Å². The van der Waals surface area contributed by atoms with Crippen molar-refractivity contribution in [2.75, 3.05) is 12.3 Å². The number of amides is 3. The SMILES string of the molecule is CCCCN(C(=O)C(CS)NC(=O)OC(C)(C)C)C(C(=O)NC(C)CCC)c1ccc(C)c(C)c1. The van der Waals surface area contributed by atoms with Gasteiger partial charge in [0.1, 0.15) is 17.7 Å². The van der Waals surface area contributed by atoms with Crippen LogP contribution in [0.1, 0.15) is 90.0 Å². The van der Waals surface area contributed by atoms with E-state index in [2.05, 4.69) is 30.2 Å². The standard InChI is InChI=1S/C27H45N3O4S/c1-9-11-15-30(25(32)22(17-35)29-26(33)34-27(6,7)8)23(24(31)28-20(5)12-10-2)21-14-13-18(3)19(4)16-21/h13-14,16,20,22-23,35H,9-12,15,17H2,1-8H3,(H,28,31)(H,29,33). The van der Waals surface area contributed by atoms with Gasteiger partial charge in [-0.05, 0) is 71.1 Å². The van der Waals surface area contributed by atoms with Crippen LogP contribution in [0.4, 0.5) is 4.79 Å². The van der Waals surface area contributed by atoms with Crippen LogP contribution >= 0.6 is 12.6 Å². The van der Waals surface area contributed by atoms with Crippen LogP contribution in [0.15, 0.2) is 18.2 Å².